The van der Waals surface area contributed by atoms with E-state index in [4.69, 9.17) is 4.74 Å². The zero-order valence-electron chi connectivity index (χ0n) is 19.2. The van der Waals surface area contributed by atoms with Gasteiger partial charge in [0.1, 0.15) is 0 Å². The minimum atomic E-state index is -0.199. The maximum absolute atomic E-state index is 10.9. The van der Waals surface area contributed by atoms with Crippen LogP contribution in [0.1, 0.15) is 27.7 Å². The van der Waals surface area contributed by atoms with Crippen LogP contribution in [0.5, 0.6) is 0 Å². The second-order valence-electron chi connectivity index (χ2n) is 6.12. The smallest absolute Gasteiger partial charge is 0.320 e. The number of hydrogen-bond donors (Lipinski definition) is 0. The van der Waals surface area contributed by atoms with Crippen molar-refractivity contribution in [3.63, 3.8) is 0 Å². The Hall–Kier alpha value is -1.71. The standard InChI is InChI=1S/C8H17NO2.C6H13NO2.C5H11NO2/c1-4-9(5-2)7-8(10)11-6-3;1-4-9-6(8)5-7(2)3;1-6(2)4-5(7)8-3/h4-7H2,1-3H3;4-5H2,1-3H3;4H2,1-3H3. The number of carbonyl (C=O) groups is 3. The van der Waals surface area contributed by atoms with Crippen LogP contribution in [0.4, 0.5) is 0 Å². The molecule has 0 rings (SSSR count). The third-order valence-corrected chi connectivity index (χ3v) is 2.98. The van der Waals surface area contributed by atoms with Crippen LogP contribution in [-0.2, 0) is 28.6 Å². The lowest BCUT2D eigenvalue weighted by molar-refractivity contribution is -0.145. The van der Waals surface area contributed by atoms with E-state index in [1.54, 1.807) is 16.7 Å². The predicted molar refractivity (Wildman–Crippen MR) is 110 cm³/mol. The summed E-state index contributed by atoms with van der Waals surface area (Å²) >= 11 is 0. The van der Waals surface area contributed by atoms with Crippen LogP contribution in [0.2, 0.25) is 0 Å². The van der Waals surface area contributed by atoms with E-state index in [0.29, 0.717) is 32.8 Å². The van der Waals surface area contributed by atoms with Gasteiger partial charge in [0.15, 0.2) is 0 Å². The van der Waals surface area contributed by atoms with E-state index >= 15 is 0 Å². The zero-order chi connectivity index (χ0) is 22.5. The van der Waals surface area contributed by atoms with Gasteiger partial charge in [-0.1, -0.05) is 13.8 Å². The van der Waals surface area contributed by atoms with Crippen LogP contribution >= 0.6 is 0 Å². The Bertz CT molecular complexity index is 399. The first-order valence-corrected chi connectivity index (χ1v) is 9.47. The summed E-state index contributed by atoms with van der Waals surface area (Å²) in [6.45, 7) is 11.6. The van der Waals surface area contributed by atoms with Crippen LogP contribution in [0.15, 0.2) is 0 Å². The van der Waals surface area contributed by atoms with Crippen molar-refractivity contribution < 1.29 is 28.6 Å². The average molecular weight is 408 g/mol. The van der Waals surface area contributed by atoms with Gasteiger partial charge >= 0.3 is 17.9 Å². The molecule has 28 heavy (non-hydrogen) atoms. The van der Waals surface area contributed by atoms with Crippen molar-refractivity contribution in [1.82, 2.24) is 14.7 Å². The molecule has 0 aliphatic rings. The van der Waals surface area contributed by atoms with Crippen LogP contribution in [0.3, 0.4) is 0 Å². The fourth-order valence-electron chi connectivity index (χ4n) is 1.62. The molecule has 0 saturated carbocycles. The molecule has 0 bridgehead atoms. The first-order chi connectivity index (χ1) is 13.1. The van der Waals surface area contributed by atoms with Gasteiger partial charge < -0.3 is 14.2 Å². The highest BCUT2D eigenvalue weighted by molar-refractivity contribution is 5.72. The normalized spacial score (nSPS) is 9.86. The van der Waals surface area contributed by atoms with Gasteiger partial charge in [-0.15, -0.1) is 0 Å². The van der Waals surface area contributed by atoms with Gasteiger partial charge in [-0.05, 0) is 55.1 Å². The fraction of sp³-hybridized carbons (Fsp3) is 0.842. The number of nitrogens with zero attached hydrogens (tertiary/aromatic N) is 3. The van der Waals surface area contributed by atoms with E-state index in [1.165, 1.54) is 7.11 Å². The van der Waals surface area contributed by atoms with Crippen LogP contribution in [0, 0.1) is 0 Å². The molecular formula is C19H41N3O6. The Kier molecular flexibility index (Phi) is 23.9. The van der Waals surface area contributed by atoms with E-state index in [0.717, 1.165) is 13.1 Å². The summed E-state index contributed by atoms with van der Waals surface area (Å²) in [5.74, 6) is -0.492. The Morgan fingerprint density at radius 2 is 1.00 bits per heavy atom. The Morgan fingerprint density at radius 1 is 0.643 bits per heavy atom. The molecular weight excluding hydrogens is 366 g/mol. The first kappa shape index (κ1) is 31.0. The Balaban J connectivity index is -0.000000340. The highest BCUT2D eigenvalue weighted by Gasteiger charge is 2.06. The van der Waals surface area contributed by atoms with E-state index in [2.05, 4.69) is 9.47 Å². The van der Waals surface area contributed by atoms with Crippen molar-refractivity contribution >= 4 is 17.9 Å². The lowest BCUT2D eigenvalue weighted by Crippen LogP contribution is -2.30. The van der Waals surface area contributed by atoms with Gasteiger partial charge in [0.25, 0.3) is 0 Å². The molecule has 0 saturated heterocycles. The van der Waals surface area contributed by atoms with E-state index in [1.807, 2.05) is 53.9 Å². The Morgan fingerprint density at radius 3 is 1.25 bits per heavy atom. The second kappa shape index (κ2) is 21.6. The molecule has 0 aromatic carbocycles. The molecule has 0 aromatic heterocycles. The number of hydrogen-bond acceptors (Lipinski definition) is 9. The lowest BCUT2D eigenvalue weighted by atomic mass is 10.5. The SMILES string of the molecule is CCOC(=O)CN(C)C.CCOC(=O)CN(CC)CC.COC(=O)CN(C)C. The van der Waals surface area contributed by atoms with E-state index in [9.17, 15) is 14.4 Å². The molecule has 0 aliphatic carbocycles. The maximum Gasteiger partial charge on any atom is 0.320 e. The Labute approximate surface area is 170 Å². The topological polar surface area (TPSA) is 88.6 Å². The third-order valence-electron chi connectivity index (χ3n) is 2.98. The molecule has 0 amide bonds. The molecule has 0 radical (unpaired) electrons. The molecule has 0 heterocycles. The van der Waals surface area contributed by atoms with Gasteiger partial charge in [0, 0.05) is 0 Å². The molecule has 0 fully saturated rings. The number of esters is 3. The zero-order valence-corrected chi connectivity index (χ0v) is 19.2. The molecule has 0 unspecified atom stereocenters. The molecule has 9 heteroatoms. The minimum Gasteiger partial charge on any atom is -0.468 e. The number of ether oxygens (including phenoxy) is 3. The van der Waals surface area contributed by atoms with Crippen molar-refractivity contribution in [2.45, 2.75) is 27.7 Å². The summed E-state index contributed by atoms with van der Waals surface area (Å²) in [5.41, 5.74) is 0. The molecule has 0 aliphatic heterocycles. The summed E-state index contributed by atoms with van der Waals surface area (Å²) in [6.07, 6.45) is 0. The minimum absolute atomic E-state index is 0.129. The molecule has 0 aromatic rings. The monoisotopic (exact) mass is 407 g/mol. The van der Waals surface area contributed by atoms with Crippen LogP contribution < -0.4 is 0 Å². The van der Waals surface area contributed by atoms with Gasteiger partial charge in [-0.3, -0.25) is 29.1 Å². The summed E-state index contributed by atoms with van der Waals surface area (Å²) in [7, 11) is 8.67. The quantitative estimate of drug-likeness (QED) is 0.384. The highest BCUT2D eigenvalue weighted by Crippen LogP contribution is 1.88. The number of rotatable bonds is 10. The fourth-order valence-corrected chi connectivity index (χ4v) is 1.62. The van der Waals surface area contributed by atoms with E-state index < -0.39 is 0 Å². The third kappa shape index (κ3) is 26.5. The maximum atomic E-state index is 10.9. The van der Waals surface area contributed by atoms with Gasteiger partial charge in [-0.2, -0.15) is 0 Å². The number of likely N-dealkylation sites (N-methyl/N-ethyl adjacent to an activating group) is 3. The van der Waals surface area contributed by atoms with Gasteiger partial charge in [-0.25, -0.2) is 0 Å². The summed E-state index contributed by atoms with van der Waals surface area (Å²) in [4.78, 5) is 37.4. The van der Waals surface area contributed by atoms with Crippen molar-refractivity contribution in [2.24, 2.45) is 0 Å². The number of carbonyl (C=O) groups excluding carboxylic acids is 3. The van der Waals surface area contributed by atoms with Crippen molar-refractivity contribution in [1.29, 1.82) is 0 Å². The van der Waals surface area contributed by atoms with Crippen LogP contribution in [-0.4, -0.2) is 114 Å². The van der Waals surface area contributed by atoms with Crippen molar-refractivity contribution in [2.75, 3.05) is 81.2 Å². The molecule has 168 valence electrons. The van der Waals surface area contributed by atoms with Crippen molar-refractivity contribution in [3.8, 4) is 0 Å². The largest absolute Gasteiger partial charge is 0.468 e. The van der Waals surface area contributed by atoms with Crippen LogP contribution in [0.25, 0.3) is 0 Å². The molecule has 9 nitrogen and oxygen atoms in total. The molecule has 0 atom stereocenters. The lowest BCUT2D eigenvalue weighted by Gasteiger charge is -2.15. The summed E-state index contributed by atoms with van der Waals surface area (Å²) in [6, 6.07) is 0. The summed E-state index contributed by atoms with van der Waals surface area (Å²) in [5, 5.41) is 0. The van der Waals surface area contributed by atoms with E-state index in [-0.39, 0.29) is 17.9 Å². The highest BCUT2D eigenvalue weighted by atomic mass is 16.5. The molecule has 0 N–H and O–H groups in total. The first-order valence-electron chi connectivity index (χ1n) is 9.47. The predicted octanol–water partition coefficient (Wildman–Crippen LogP) is 0.723. The summed E-state index contributed by atoms with van der Waals surface area (Å²) < 4.78 is 13.8. The van der Waals surface area contributed by atoms with Gasteiger partial charge in [0.05, 0.1) is 40.0 Å². The second-order valence-corrected chi connectivity index (χ2v) is 6.12. The van der Waals surface area contributed by atoms with Gasteiger partial charge in [0.2, 0.25) is 0 Å². The number of methoxy groups -OCH3 is 1. The van der Waals surface area contributed by atoms with Crippen molar-refractivity contribution in [3.05, 3.63) is 0 Å². The average Bonchev–Trinajstić information content (AvgIpc) is 2.60. The molecule has 0 spiro atoms.